The molecule has 1 aromatic rings. The van der Waals surface area contributed by atoms with Crippen LogP contribution in [0.25, 0.3) is 0 Å². The zero-order valence-electron chi connectivity index (χ0n) is 7.35. The summed E-state index contributed by atoms with van der Waals surface area (Å²) >= 11 is 9.17. The number of rotatable bonds is 3. The molecule has 0 saturated heterocycles. The fourth-order valence-corrected chi connectivity index (χ4v) is 1.31. The summed E-state index contributed by atoms with van der Waals surface area (Å²) in [7, 11) is 0. The molecule has 0 heterocycles. The number of nitriles is 1. The smallest absolute Gasteiger partial charge is 0.0992 e. The van der Waals surface area contributed by atoms with Gasteiger partial charge in [0.25, 0.3) is 0 Å². The molecule has 14 heavy (non-hydrogen) atoms. The second kappa shape index (κ2) is 5.04. The second-order valence-corrected chi connectivity index (χ2v) is 4.21. The normalized spacial score (nSPS) is 9.21. The Bertz CT molecular complexity index is 396. The van der Waals surface area contributed by atoms with Crippen LogP contribution in [0.2, 0.25) is 5.02 Å². The predicted octanol–water partition coefficient (Wildman–Crippen LogP) is 3.53. The zero-order valence-corrected chi connectivity index (χ0v) is 9.69. The molecular formula is C10H8BrClN2. The highest BCUT2D eigenvalue weighted by atomic mass is 79.9. The quantitative estimate of drug-likeness (QED) is 0.913. The summed E-state index contributed by atoms with van der Waals surface area (Å²) in [6, 6.07) is 7.13. The number of benzene rings is 1. The fourth-order valence-electron chi connectivity index (χ4n) is 0.919. The van der Waals surface area contributed by atoms with E-state index in [1.165, 1.54) is 0 Å². The van der Waals surface area contributed by atoms with Gasteiger partial charge in [0.1, 0.15) is 0 Å². The van der Waals surface area contributed by atoms with Crippen molar-refractivity contribution in [2.75, 3.05) is 11.9 Å². The van der Waals surface area contributed by atoms with Crippen LogP contribution in [0.1, 0.15) is 5.56 Å². The first-order valence-corrected chi connectivity index (χ1v) is 5.07. The Morgan fingerprint density at radius 1 is 1.64 bits per heavy atom. The van der Waals surface area contributed by atoms with E-state index in [1.807, 2.05) is 6.07 Å². The molecule has 4 heteroatoms. The lowest BCUT2D eigenvalue weighted by Crippen LogP contribution is -2.00. The molecule has 1 rings (SSSR count). The molecule has 0 aliphatic carbocycles. The van der Waals surface area contributed by atoms with Crippen LogP contribution >= 0.6 is 27.5 Å². The molecule has 1 N–H and O–H groups in total. The van der Waals surface area contributed by atoms with Crippen molar-refractivity contribution >= 4 is 33.2 Å². The van der Waals surface area contributed by atoms with Crippen molar-refractivity contribution in [1.29, 1.82) is 5.26 Å². The van der Waals surface area contributed by atoms with Crippen LogP contribution in [0.4, 0.5) is 5.69 Å². The molecule has 0 saturated carbocycles. The molecule has 1 aromatic carbocycles. The van der Waals surface area contributed by atoms with Crippen molar-refractivity contribution in [3.05, 3.63) is 39.8 Å². The SMILES string of the molecule is C=C(Br)CNc1ccc(C#N)cc1Cl. The number of nitrogens with one attached hydrogen (secondary N) is 1. The van der Waals surface area contributed by atoms with Crippen molar-refractivity contribution in [3.8, 4) is 6.07 Å². The maximum atomic E-state index is 8.62. The first-order valence-electron chi connectivity index (χ1n) is 3.90. The Kier molecular flexibility index (Phi) is 3.99. The molecule has 72 valence electrons. The Morgan fingerprint density at radius 3 is 2.86 bits per heavy atom. The lowest BCUT2D eigenvalue weighted by atomic mass is 10.2. The summed E-state index contributed by atoms with van der Waals surface area (Å²) in [5, 5.41) is 12.2. The van der Waals surface area contributed by atoms with Crippen LogP contribution in [-0.4, -0.2) is 6.54 Å². The van der Waals surface area contributed by atoms with Gasteiger partial charge in [-0.15, -0.1) is 0 Å². The lowest BCUT2D eigenvalue weighted by Gasteiger charge is -2.06. The summed E-state index contributed by atoms with van der Waals surface area (Å²) in [5.74, 6) is 0. The van der Waals surface area contributed by atoms with Gasteiger partial charge in [-0.25, -0.2) is 0 Å². The maximum Gasteiger partial charge on any atom is 0.0992 e. The van der Waals surface area contributed by atoms with Gasteiger partial charge in [-0.05, 0) is 18.2 Å². The number of hydrogen-bond donors (Lipinski definition) is 1. The monoisotopic (exact) mass is 270 g/mol. The summed E-state index contributed by atoms with van der Waals surface area (Å²) in [6.07, 6.45) is 0. The average Bonchev–Trinajstić information content (AvgIpc) is 2.15. The second-order valence-electron chi connectivity index (χ2n) is 2.68. The van der Waals surface area contributed by atoms with E-state index in [4.69, 9.17) is 16.9 Å². The van der Waals surface area contributed by atoms with Gasteiger partial charge in [-0.1, -0.05) is 34.1 Å². The molecule has 0 radical (unpaired) electrons. The highest BCUT2D eigenvalue weighted by Crippen LogP contribution is 2.23. The highest BCUT2D eigenvalue weighted by Gasteiger charge is 2.00. The van der Waals surface area contributed by atoms with Crippen molar-refractivity contribution < 1.29 is 0 Å². The molecular weight excluding hydrogens is 263 g/mol. The van der Waals surface area contributed by atoms with Gasteiger partial charge in [-0.3, -0.25) is 0 Å². The molecule has 0 bridgehead atoms. The van der Waals surface area contributed by atoms with Gasteiger partial charge < -0.3 is 5.32 Å². The minimum absolute atomic E-state index is 0.540. The Hall–Kier alpha value is -0.980. The van der Waals surface area contributed by atoms with Crippen LogP contribution in [0.15, 0.2) is 29.3 Å². The summed E-state index contributed by atoms with van der Waals surface area (Å²) in [4.78, 5) is 0. The molecule has 0 aromatic heterocycles. The number of anilines is 1. The van der Waals surface area contributed by atoms with Crippen molar-refractivity contribution in [2.24, 2.45) is 0 Å². The van der Waals surface area contributed by atoms with E-state index in [2.05, 4.69) is 27.8 Å². The number of halogens is 2. The third-order valence-corrected chi connectivity index (χ3v) is 2.16. The number of nitrogens with zero attached hydrogens (tertiary/aromatic N) is 1. The third kappa shape index (κ3) is 3.06. The third-order valence-electron chi connectivity index (χ3n) is 1.57. The van der Waals surface area contributed by atoms with E-state index < -0.39 is 0 Å². The van der Waals surface area contributed by atoms with E-state index in [-0.39, 0.29) is 0 Å². The summed E-state index contributed by atoms with van der Waals surface area (Å²) in [5.41, 5.74) is 1.35. The van der Waals surface area contributed by atoms with Crippen molar-refractivity contribution in [3.63, 3.8) is 0 Å². The van der Waals surface area contributed by atoms with Crippen molar-refractivity contribution in [2.45, 2.75) is 0 Å². The average molecular weight is 272 g/mol. The maximum absolute atomic E-state index is 8.62. The van der Waals surface area contributed by atoms with Crippen LogP contribution in [0.5, 0.6) is 0 Å². The minimum Gasteiger partial charge on any atom is -0.379 e. The van der Waals surface area contributed by atoms with E-state index in [9.17, 15) is 0 Å². The van der Waals surface area contributed by atoms with Gasteiger partial charge in [0.05, 0.1) is 22.3 Å². The zero-order chi connectivity index (χ0) is 10.6. The molecule has 2 nitrogen and oxygen atoms in total. The number of hydrogen-bond acceptors (Lipinski definition) is 2. The largest absolute Gasteiger partial charge is 0.379 e. The molecule has 0 aliphatic rings. The van der Waals surface area contributed by atoms with Crippen LogP contribution in [0, 0.1) is 11.3 Å². The van der Waals surface area contributed by atoms with E-state index in [1.54, 1.807) is 18.2 Å². The summed E-state index contributed by atoms with van der Waals surface area (Å²) < 4.78 is 0.845. The first kappa shape index (κ1) is 11.1. The van der Waals surface area contributed by atoms with Crippen LogP contribution in [-0.2, 0) is 0 Å². The first-order chi connectivity index (χ1) is 6.63. The van der Waals surface area contributed by atoms with Crippen molar-refractivity contribution in [1.82, 2.24) is 0 Å². The van der Waals surface area contributed by atoms with Gasteiger partial charge in [0.2, 0.25) is 0 Å². The van der Waals surface area contributed by atoms with Gasteiger partial charge in [0.15, 0.2) is 0 Å². The fraction of sp³-hybridized carbons (Fsp3) is 0.100. The Balaban J connectivity index is 2.80. The standard InChI is InChI=1S/C10H8BrClN2/c1-7(11)6-14-10-3-2-8(5-13)4-9(10)12/h2-4,14H,1,6H2. The molecule has 0 unspecified atom stereocenters. The summed E-state index contributed by atoms with van der Waals surface area (Å²) in [6.45, 7) is 4.30. The van der Waals surface area contributed by atoms with Crippen LogP contribution < -0.4 is 5.32 Å². The minimum atomic E-state index is 0.540. The van der Waals surface area contributed by atoms with E-state index in [0.29, 0.717) is 17.1 Å². The molecule has 0 amide bonds. The molecule has 0 fully saturated rings. The van der Waals surface area contributed by atoms with Gasteiger partial charge in [-0.2, -0.15) is 5.26 Å². The Morgan fingerprint density at radius 2 is 2.36 bits per heavy atom. The molecule has 0 spiro atoms. The van der Waals surface area contributed by atoms with E-state index in [0.717, 1.165) is 10.2 Å². The molecule has 0 atom stereocenters. The van der Waals surface area contributed by atoms with Gasteiger partial charge in [0, 0.05) is 11.0 Å². The van der Waals surface area contributed by atoms with E-state index >= 15 is 0 Å². The Labute approximate surface area is 96.3 Å². The predicted molar refractivity (Wildman–Crippen MR) is 62.7 cm³/mol. The van der Waals surface area contributed by atoms with Crippen LogP contribution in [0.3, 0.4) is 0 Å². The highest BCUT2D eigenvalue weighted by molar-refractivity contribution is 9.11. The van der Waals surface area contributed by atoms with Gasteiger partial charge >= 0.3 is 0 Å². The molecule has 0 aliphatic heterocycles. The topological polar surface area (TPSA) is 35.8 Å². The lowest BCUT2D eigenvalue weighted by molar-refractivity contribution is 1.32.